The second-order valence-corrected chi connectivity index (χ2v) is 22.0. The summed E-state index contributed by atoms with van der Waals surface area (Å²) in [7, 11) is 0. The zero-order chi connectivity index (χ0) is 55.7. The van der Waals surface area contributed by atoms with Gasteiger partial charge in [0.1, 0.15) is 13.2 Å². The van der Waals surface area contributed by atoms with Crippen LogP contribution in [0.5, 0.6) is 0 Å². The van der Waals surface area contributed by atoms with Gasteiger partial charge in [-0.1, -0.05) is 279 Å². The Kier molecular flexibility index (Phi) is 62.2. The number of carbonyl (C=O) groups excluding carboxylic acids is 3. The molecule has 1 unspecified atom stereocenters. The molecule has 0 aromatic rings. The van der Waals surface area contributed by atoms with E-state index in [0.717, 1.165) is 96.3 Å². The van der Waals surface area contributed by atoms with Crippen LogP contribution in [0.1, 0.15) is 329 Å². The van der Waals surface area contributed by atoms with Crippen molar-refractivity contribution in [1.82, 2.24) is 0 Å². The highest BCUT2D eigenvalue weighted by Crippen LogP contribution is 2.16. The van der Waals surface area contributed by atoms with Crippen molar-refractivity contribution >= 4 is 17.9 Å². The minimum absolute atomic E-state index is 0.0829. The number of unbranched alkanes of at least 4 members (excludes halogenated alkanes) is 35. The smallest absolute Gasteiger partial charge is 0.306 e. The fraction of sp³-hybridized carbons (Fsp3) is 0.761. The molecular formula is C71H124O6. The highest BCUT2D eigenvalue weighted by atomic mass is 16.6. The molecule has 0 fully saturated rings. The first kappa shape index (κ1) is 73.6. The molecule has 6 heteroatoms. The van der Waals surface area contributed by atoms with Crippen molar-refractivity contribution in [3.63, 3.8) is 0 Å². The van der Waals surface area contributed by atoms with Crippen molar-refractivity contribution in [2.75, 3.05) is 13.2 Å². The third kappa shape index (κ3) is 63.3. The standard InChI is InChI=1S/C71H124O6/c1-4-7-10-13-16-19-22-25-28-31-32-33-34-35-36-37-38-41-43-46-49-52-55-58-61-64-70(73)76-67-68(77-71(74)65-62-59-56-53-50-47-44-40-30-27-24-21-18-15-12-9-6-3)66-75-69(72)63-60-57-54-51-48-45-42-39-29-26-23-20-17-14-11-8-5-2/h9,12,18,21-22,25-27,29-32,34-35,68H,4-8,10-11,13-17,19-20,23-24,28,33,36-67H2,1-3H3/b12-9-,21-18-,25-22-,29-26-,30-27-,32-31-,35-34-. The van der Waals surface area contributed by atoms with Crippen LogP contribution in [-0.4, -0.2) is 37.2 Å². The van der Waals surface area contributed by atoms with Crippen LogP contribution in [0.25, 0.3) is 0 Å². The number of rotatable bonds is 60. The molecule has 6 nitrogen and oxygen atoms in total. The molecule has 0 aromatic carbocycles. The minimum atomic E-state index is -0.787. The third-order valence-corrected chi connectivity index (χ3v) is 14.4. The van der Waals surface area contributed by atoms with E-state index in [-0.39, 0.29) is 31.1 Å². The van der Waals surface area contributed by atoms with Gasteiger partial charge in [0.05, 0.1) is 0 Å². The molecule has 0 radical (unpaired) electrons. The summed E-state index contributed by atoms with van der Waals surface area (Å²) in [6, 6.07) is 0. The van der Waals surface area contributed by atoms with Crippen molar-refractivity contribution in [2.24, 2.45) is 0 Å². The van der Waals surface area contributed by atoms with E-state index >= 15 is 0 Å². The molecule has 0 aliphatic rings. The molecule has 0 spiro atoms. The van der Waals surface area contributed by atoms with Gasteiger partial charge in [0, 0.05) is 19.3 Å². The van der Waals surface area contributed by atoms with E-state index in [0.29, 0.717) is 19.3 Å². The molecule has 1 atom stereocenters. The summed E-state index contributed by atoms with van der Waals surface area (Å²) in [5, 5.41) is 0. The van der Waals surface area contributed by atoms with Gasteiger partial charge in [-0.05, 0) is 116 Å². The first-order valence-electron chi connectivity index (χ1n) is 33.1. The van der Waals surface area contributed by atoms with Crippen LogP contribution >= 0.6 is 0 Å². The Hall–Kier alpha value is -3.41. The Morgan fingerprint density at radius 1 is 0.273 bits per heavy atom. The van der Waals surface area contributed by atoms with Crippen molar-refractivity contribution in [2.45, 2.75) is 335 Å². The molecule has 0 bridgehead atoms. The van der Waals surface area contributed by atoms with Gasteiger partial charge in [-0.25, -0.2) is 0 Å². The second kappa shape index (κ2) is 65.1. The maximum atomic E-state index is 12.9. The molecule has 0 aliphatic heterocycles. The maximum Gasteiger partial charge on any atom is 0.306 e. The molecule has 77 heavy (non-hydrogen) atoms. The Balaban J connectivity index is 4.35. The number of allylic oxidation sites excluding steroid dienone is 14. The van der Waals surface area contributed by atoms with Crippen LogP contribution in [0.15, 0.2) is 85.1 Å². The fourth-order valence-electron chi connectivity index (χ4n) is 9.40. The predicted molar refractivity (Wildman–Crippen MR) is 334 cm³/mol. The molecule has 0 amide bonds. The molecule has 0 aliphatic carbocycles. The van der Waals surface area contributed by atoms with E-state index in [4.69, 9.17) is 14.2 Å². The van der Waals surface area contributed by atoms with Gasteiger partial charge in [-0.2, -0.15) is 0 Å². The van der Waals surface area contributed by atoms with Crippen LogP contribution in [0.4, 0.5) is 0 Å². The largest absolute Gasteiger partial charge is 0.462 e. The van der Waals surface area contributed by atoms with Crippen molar-refractivity contribution in [1.29, 1.82) is 0 Å². The summed E-state index contributed by atoms with van der Waals surface area (Å²) in [6.07, 6.45) is 85.9. The van der Waals surface area contributed by atoms with Gasteiger partial charge in [0.2, 0.25) is 0 Å². The lowest BCUT2D eigenvalue weighted by Crippen LogP contribution is -2.30. The lowest BCUT2D eigenvalue weighted by molar-refractivity contribution is -0.167. The molecule has 0 saturated carbocycles. The molecule has 0 saturated heterocycles. The zero-order valence-corrected chi connectivity index (χ0v) is 51.0. The van der Waals surface area contributed by atoms with Crippen LogP contribution < -0.4 is 0 Å². The van der Waals surface area contributed by atoms with Gasteiger partial charge < -0.3 is 14.2 Å². The van der Waals surface area contributed by atoms with E-state index in [1.165, 1.54) is 193 Å². The minimum Gasteiger partial charge on any atom is -0.462 e. The van der Waals surface area contributed by atoms with E-state index in [1.807, 2.05) is 0 Å². The first-order chi connectivity index (χ1) is 38.0. The monoisotopic (exact) mass is 1070 g/mol. The maximum absolute atomic E-state index is 12.9. The lowest BCUT2D eigenvalue weighted by Gasteiger charge is -2.18. The number of hydrogen-bond acceptors (Lipinski definition) is 6. The van der Waals surface area contributed by atoms with Crippen molar-refractivity contribution in [3.05, 3.63) is 85.1 Å². The Morgan fingerprint density at radius 2 is 0.506 bits per heavy atom. The van der Waals surface area contributed by atoms with E-state index in [2.05, 4.69) is 106 Å². The Bertz CT molecular complexity index is 1470. The normalized spacial score (nSPS) is 12.6. The van der Waals surface area contributed by atoms with Crippen LogP contribution in [0.2, 0.25) is 0 Å². The summed E-state index contributed by atoms with van der Waals surface area (Å²) in [4.78, 5) is 38.4. The van der Waals surface area contributed by atoms with Gasteiger partial charge in [0.15, 0.2) is 6.10 Å². The van der Waals surface area contributed by atoms with Gasteiger partial charge >= 0.3 is 17.9 Å². The number of ether oxygens (including phenoxy) is 3. The van der Waals surface area contributed by atoms with Gasteiger partial charge in [-0.3, -0.25) is 14.4 Å². The molecular weight excluding hydrogens is 949 g/mol. The highest BCUT2D eigenvalue weighted by molar-refractivity contribution is 5.71. The average Bonchev–Trinajstić information content (AvgIpc) is 3.43. The van der Waals surface area contributed by atoms with Crippen LogP contribution in [-0.2, 0) is 28.6 Å². The van der Waals surface area contributed by atoms with Crippen LogP contribution in [0.3, 0.4) is 0 Å². The van der Waals surface area contributed by atoms with Crippen molar-refractivity contribution in [3.8, 4) is 0 Å². The van der Waals surface area contributed by atoms with E-state index < -0.39 is 6.10 Å². The number of esters is 3. The predicted octanol–water partition coefficient (Wildman–Crippen LogP) is 22.7. The van der Waals surface area contributed by atoms with E-state index in [9.17, 15) is 14.4 Å². The average molecular weight is 1070 g/mol. The number of hydrogen-bond donors (Lipinski definition) is 0. The molecule has 0 aromatic heterocycles. The van der Waals surface area contributed by atoms with Crippen molar-refractivity contribution < 1.29 is 28.6 Å². The Labute approximate surface area is 477 Å². The third-order valence-electron chi connectivity index (χ3n) is 14.4. The van der Waals surface area contributed by atoms with Gasteiger partial charge in [0.25, 0.3) is 0 Å². The van der Waals surface area contributed by atoms with Crippen LogP contribution in [0, 0.1) is 0 Å². The fourth-order valence-corrected chi connectivity index (χ4v) is 9.40. The number of carbonyl (C=O) groups is 3. The SMILES string of the molecule is CC/C=C\C/C=C\C/C=C\CCCCCCCCCC(=O)OC(COC(=O)CCCCCCCCC/C=C\CCCCCCCC)COC(=O)CCCCCCCCCCCC/C=C\C/C=C\C/C=C\CCCCCCC. The zero-order valence-electron chi connectivity index (χ0n) is 51.0. The highest BCUT2D eigenvalue weighted by Gasteiger charge is 2.19. The molecule has 444 valence electrons. The summed E-state index contributed by atoms with van der Waals surface area (Å²) >= 11 is 0. The summed E-state index contributed by atoms with van der Waals surface area (Å²) in [5.41, 5.74) is 0. The lowest BCUT2D eigenvalue weighted by atomic mass is 10.1. The quantitative estimate of drug-likeness (QED) is 0.0261. The molecule has 0 N–H and O–H groups in total. The topological polar surface area (TPSA) is 78.9 Å². The summed E-state index contributed by atoms with van der Waals surface area (Å²) in [6.45, 7) is 6.54. The summed E-state index contributed by atoms with van der Waals surface area (Å²) < 4.78 is 16.9. The summed E-state index contributed by atoms with van der Waals surface area (Å²) in [5.74, 6) is -0.887. The molecule has 0 rings (SSSR count). The van der Waals surface area contributed by atoms with Gasteiger partial charge in [-0.15, -0.1) is 0 Å². The first-order valence-corrected chi connectivity index (χ1v) is 33.1. The second-order valence-electron chi connectivity index (χ2n) is 22.0. The molecule has 0 heterocycles. The Morgan fingerprint density at radius 3 is 0.805 bits per heavy atom. The van der Waals surface area contributed by atoms with E-state index in [1.54, 1.807) is 0 Å².